The van der Waals surface area contributed by atoms with Gasteiger partial charge in [-0.1, -0.05) is 26.0 Å². The van der Waals surface area contributed by atoms with Crippen LogP contribution in [0.15, 0.2) is 22.7 Å². The Kier molecular flexibility index (Phi) is 6.35. The Labute approximate surface area is 197 Å². The summed E-state index contributed by atoms with van der Waals surface area (Å²) in [6.45, 7) is 7.03. The van der Waals surface area contributed by atoms with Crippen LogP contribution in [0.4, 0.5) is 4.39 Å². The maximum absolute atomic E-state index is 14.7. The van der Waals surface area contributed by atoms with E-state index >= 15 is 0 Å². The van der Waals surface area contributed by atoms with E-state index in [1.807, 2.05) is 24.8 Å². The van der Waals surface area contributed by atoms with Crippen LogP contribution in [0.2, 0.25) is 0 Å². The van der Waals surface area contributed by atoms with Gasteiger partial charge in [0.15, 0.2) is 0 Å². The van der Waals surface area contributed by atoms with E-state index in [0.717, 1.165) is 56.5 Å². The lowest BCUT2D eigenvalue weighted by Crippen LogP contribution is -2.43. The van der Waals surface area contributed by atoms with Gasteiger partial charge in [-0.25, -0.2) is 4.39 Å². The minimum Gasteiger partial charge on any atom is -0.387 e. The number of para-hydroxylation sites is 1. The molecule has 2 aliphatic rings. The number of aliphatic hydroxyl groups excluding tert-OH is 1. The molecule has 2 saturated heterocycles. The molecule has 1 N–H and O–H groups in total. The van der Waals surface area contributed by atoms with Crippen molar-refractivity contribution >= 4 is 16.8 Å². The molecule has 2 atom stereocenters. The highest BCUT2D eigenvalue weighted by Gasteiger charge is 2.33. The van der Waals surface area contributed by atoms with Gasteiger partial charge in [-0.2, -0.15) is 14.8 Å². The van der Waals surface area contributed by atoms with Crippen molar-refractivity contribution < 1.29 is 18.8 Å². The largest absolute Gasteiger partial charge is 0.387 e. The van der Waals surface area contributed by atoms with Crippen molar-refractivity contribution in [1.29, 1.82) is 0 Å². The second-order valence-electron chi connectivity index (χ2n) is 9.74. The number of hydrogen-bond acceptors (Lipinski definition) is 7. The number of amides is 1. The van der Waals surface area contributed by atoms with E-state index in [1.165, 1.54) is 10.7 Å². The summed E-state index contributed by atoms with van der Waals surface area (Å²) in [7, 11) is 0. The molecule has 4 heterocycles. The molecular weight excluding hydrogens is 439 g/mol. The second-order valence-corrected chi connectivity index (χ2v) is 9.74. The highest BCUT2D eigenvalue weighted by atomic mass is 19.1. The van der Waals surface area contributed by atoms with Gasteiger partial charge in [-0.15, -0.1) is 0 Å². The van der Waals surface area contributed by atoms with E-state index in [-0.39, 0.29) is 29.6 Å². The van der Waals surface area contributed by atoms with Crippen molar-refractivity contribution in [2.45, 2.75) is 51.5 Å². The molecule has 1 amide bonds. The number of halogens is 1. The topological polar surface area (TPSA) is 101 Å². The molecule has 0 bridgehead atoms. The number of likely N-dealkylation sites (tertiary alicyclic amines) is 2. The average Bonchev–Trinajstić information content (AvgIpc) is 3.60. The first-order valence-corrected chi connectivity index (χ1v) is 12.1. The molecule has 0 spiro atoms. The van der Waals surface area contributed by atoms with E-state index < -0.39 is 6.61 Å². The maximum atomic E-state index is 14.7. The van der Waals surface area contributed by atoms with Crippen molar-refractivity contribution in [2.24, 2.45) is 5.92 Å². The van der Waals surface area contributed by atoms with E-state index in [0.29, 0.717) is 23.7 Å². The minimum absolute atomic E-state index is 0.129. The summed E-state index contributed by atoms with van der Waals surface area (Å²) >= 11 is 0. The van der Waals surface area contributed by atoms with Crippen LogP contribution in [0.3, 0.4) is 0 Å². The normalized spacial score (nSPS) is 21.4. The number of benzene rings is 1. The summed E-state index contributed by atoms with van der Waals surface area (Å²) in [5.41, 5.74) is 1.16. The van der Waals surface area contributed by atoms with Crippen LogP contribution in [0.5, 0.6) is 0 Å². The summed E-state index contributed by atoms with van der Waals surface area (Å²) in [5.74, 6) is 0.718. The first kappa shape index (κ1) is 22.9. The maximum Gasteiger partial charge on any atom is 0.291 e. The first-order chi connectivity index (χ1) is 16.4. The van der Waals surface area contributed by atoms with Crippen LogP contribution in [0, 0.1) is 11.7 Å². The number of carbonyl (C=O) groups excluding carboxylic acids is 1. The lowest BCUT2D eigenvalue weighted by atomic mass is 10.1. The van der Waals surface area contributed by atoms with Gasteiger partial charge in [0.05, 0.1) is 5.69 Å². The molecule has 0 radical (unpaired) electrons. The molecule has 0 aliphatic carbocycles. The fourth-order valence-corrected chi connectivity index (χ4v) is 5.37. The Bertz CT molecular complexity index is 1170. The summed E-state index contributed by atoms with van der Waals surface area (Å²) in [4.78, 5) is 20.7. The van der Waals surface area contributed by atoms with Gasteiger partial charge < -0.3 is 19.4 Å². The van der Waals surface area contributed by atoms with Crippen LogP contribution in [-0.2, 0) is 11.2 Å². The third kappa shape index (κ3) is 4.32. The molecule has 34 heavy (non-hydrogen) atoms. The summed E-state index contributed by atoms with van der Waals surface area (Å²) in [6.07, 6.45) is 3.62. The van der Waals surface area contributed by atoms with Gasteiger partial charge in [-0.3, -0.25) is 4.79 Å². The van der Waals surface area contributed by atoms with Crippen molar-refractivity contribution in [2.75, 3.05) is 32.8 Å². The zero-order chi connectivity index (χ0) is 23.8. The van der Waals surface area contributed by atoms with Crippen molar-refractivity contribution in [1.82, 2.24) is 29.7 Å². The lowest BCUT2D eigenvalue weighted by molar-refractivity contribution is -0.135. The molecule has 10 heteroatoms. The molecule has 0 saturated carbocycles. The highest BCUT2D eigenvalue weighted by Crippen LogP contribution is 2.29. The lowest BCUT2D eigenvalue weighted by Gasteiger charge is -2.28. The predicted octanol–water partition coefficient (Wildman–Crippen LogP) is 2.52. The van der Waals surface area contributed by atoms with Crippen molar-refractivity contribution in [3.63, 3.8) is 0 Å². The van der Waals surface area contributed by atoms with Gasteiger partial charge in [0, 0.05) is 37.5 Å². The third-order valence-electron chi connectivity index (χ3n) is 7.01. The van der Waals surface area contributed by atoms with Crippen molar-refractivity contribution in [3.8, 4) is 5.95 Å². The molecule has 2 aliphatic heterocycles. The molecule has 2 aromatic heterocycles. The fourth-order valence-electron chi connectivity index (χ4n) is 5.37. The molecule has 9 nitrogen and oxygen atoms in total. The molecule has 182 valence electrons. The Morgan fingerprint density at radius 1 is 1.29 bits per heavy atom. The van der Waals surface area contributed by atoms with Gasteiger partial charge in [0.2, 0.25) is 11.8 Å². The number of nitrogens with zero attached hydrogens (tertiary/aromatic N) is 6. The van der Waals surface area contributed by atoms with Crippen LogP contribution >= 0.6 is 0 Å². The Balaban J connectivity index is 1.26. The standard InChI is InChI=1S/C24H31FN6O3/c1-15(2)22-18-6-3-7-19(25)23(18)31(27-22)24-26-20(34-28-24)11-16-8-10-29(12-16)13-17-5-4-9-30(17)21(33)14-32/h3,6-7,15-17,32H,4-5,8-14H2,1-2H3/t16-,17-/m0/s1. The van der Waals surface area contributed by atoms with E-state index in [9.17, 15) is 14.3 Å². The van der Waals surface area contributed by atoms with Crippen LogP contribution < -0.4 is 0 Å². The van der Waals surface area contributed by atoms with E-state index in [2.05, 4.69) is 20.1 Å². The average molecular weight is 471 g/mol. The monoisotopic (exact) mass is 470 g/mol. The van der Waals surface area contributed by atoms with Crippen LogP contribution in [0.1, 0.15) is 50.6 Å². The van der Waals surface area contributed by atoms with Gasteiger partial charge in [-0.05, 0) is 48.9 Å². The van der Waals surface area contributed by atoms with Crippen LogP contribution in [-0.4, -0.2) is 79.6 Å². The smallest absolute Gasteiger partial charge is 0.291 e. The Hall–Kier alpha value is -2.85. The number of rotatable bonds is 7. The number of carbonyl (C=O) groups is 1. The molecule has 3 aromatic rings. The van der Waals surface area contributed by atoms with E-state index in [1.54, 1.807) is 6.07 Å². The second kappa shape index (κ2) is 9.42. The zero-order valence-corrected chi connectivity index (χ0v) is 19.7. The number of fused-ring (bicyclic) bond motifs is 1. The zero-order valence-electron chi connectivity index (χ0n) is 19.7. The molecular formula is C24H31FN6O3. The molecule has 2 fully saturated rings. The number of aliphatic hydroxyl groups is 1. The number of aromatic nitrogens is 4. The van der Waals surface area contributed by atoms with Crippen LogP contribution in [0.25, 0.3) is 16.9 Å². The highest BCUT2D eigenvalue weighted by molar-refractivity contribution is 5.84. The minimum atomic E-state index is -0.424. The predicted molar refractivity (Wildman–Crippen MR) is 123 cm³/mol. The number of hydrogen-bond donors (Lipinski definition) is 1. The van der Waals surface area contributed by atoms with Crippen molar-refractivity contribution in [3.05, 3.63) is 35.6 Å². The summed E-state index contributed by atoms with van der Waals surface area (Å²) in [5, 5.41) is 18.7. The molecule has 5 rings (SSSR count). The third-order valence-corrected chi connectivity index (χ3v) is 7.01. The van der Waals surface area contributed by atoms with Gasteiger partial charge >= 0.3 is 0 Å². The van der Waals surface area contributed by atoms with E-state index in [4.69, 9.17) is 4.52 Å². The summed E-state index contributed by atoms with van der Waals surface area (Å²) in [6, 6.07) is 5.14. The SMILES string of the molecule is CC(C)c1nn(-c2noc(C[C@@H]3CCN(C[C@@H]4CCCN4C(=O)CO)C3)n2)c2c(F)cccc12. The Morgan fingerprint density at radius 2 is 2.15 bits per heavy atom. The van der Waals surface area contributed by atoms with Gasteiger partial charge in [0.1, 0.15) is 17.9 Å². The molecule has 1 aromatic carbocycles. The van der Waals surface area contributed by atoms with Gasteiger partial charge in [0.25, 0.3) is 5.95 Å². The summed E-state index contributed by atoms with van der Waals surface area (Å²) < 4.78 is 21.6. The fraction of sp³-hybridized carbons (Fsp3) is 0.583. The Morgan fingerprint density at radius 3 is 2.94 bits per heavy atom. The molecule has 0 unspecified atom stereocenters. The quantitative estimate of drug-likeness (QED) is 0.566. The first-order valence-electron chi connectivity index (χ1n) is 12.1.